The monoisotopic (exact) mass is 255 g/mol. The van der Waals surface area contributed by atoms with E-state index in [9.17, 15) is 4.79 Å². The number of carbonyl (C=O) groups excluding carboxylic acids is 1. The highest BCUT2D eigenvalue weighted by molar-refractivity contribution is 6.30. The molecule has 0 saturated carbocycles. The normalized spacial score (nSPS) is 23.6. The quantitative estimate of drug-likeness (QED) is 0.823. The largest absolute Gasteiger partial charge is 0.378 e. The van der Waals surface area contributed by atoms with Gasteiger partial charge in [0.2, 0.25) is 0 Å². The zero-order chi connectivity index (χ0) is 12.3. The summed E-state index contributed by atoms with van der Waals surface area (Å²) in [6.07, 6.45) is 1.46. The van der Waals surface area contributed by atoms with Crippen molar-refractivity contribution in [1.29, 1.82) is 0 Å². The van der Waals surface area contributed by atoms with Crippen molar-refractivity contribution in [3.8, 4) is 0 Å². The summed E-state index contributed by atoms with van der Waals surface area (Å²) in [5, 5.41) is 6.55. The number of amides is 1. The lowest BCUT2D eigenvalue weighted by Gasteiger charge is -2.18. The zero-order valence-corrected chi connectivity index (χ0v) is 10.2. The third-order valence-electron chi connectivity index (χ3n) is 2.74. The Morgan fingerprint density at radius 1 is 1.59 bits per heavy atom. The molecule has 1 fully saturated rings. The number of ether oxygens (including phenoxy) is 1. The number of rotatable bonds is 3. The van der Waals surface area contributed by atoms with Crippen LogP contribution < -0.4 is 10.6 Å². The van der Waals surface area contributed by atoms with E-state index >= 15 is 0 Å². The van der Waals surface area contributed by atoms with E-state index in [-0.39, 0.29) is 18.1 Å². The highest BCUT2D eigenvalue weighted by Crippen LogP contribution is 2.08. The summed E-state index contributed by atoms with van der Waals surface area (Å²) in [6, 6.07) is 3.22. The van der Waals surface area contributed by atoms with Crippen molar-refractivity contribution in [3.63, 3.8) is 0 Å². The number of nitrogens with one attached hydrogen (secondary N) is 2. The number of aromatic nitrogens is 1. The van der Waals surface area contributed by atoms with Crippen LogP contribution in [0.25, 0.3) is 0 Å². The van der Waals surface area contributed by atoms with Crippen LogP contribution in [0.15, 0.2) is 18.3 Å². The van der Waals surface area contributed by atoms with Crippen LogP contribution in [0, 0.1) is 0 Å². The number of halogens is 1. The van der Waals surface area contributed by atoms with Crippen molar-refractivity contribution in [1.82, 2.24) is 15.6 Å². The zero-order valence-electron chi connectivity index (χ0n) is 9.44. The molecule has 1 aliphatic heterocycles. The molecule has 2 atom stereocenters. The van der Waals surface area contributed by atoms with Gasteiger partial charge in [0.25, 0.3) is 5.91 Å². The van der Waals surface area contributed by atoms with Crippen LogP contribution >= 0.6 is 11.6 Å². The molecule has 6 heteroatoms. The van der Waals surface area contributed by atoms with E-state index in [0.29, 0.717) is 17.3 Å². The molecule has 1 saturated heterocycles. The lowest BCUT2D eigenvalue weighted by molar-refractivity contribution is 0.0776. The van der Waals surface area contributed by atoms with E-state index in [4.69, 9.17) is 16.3 Å². The predicted molar refractivity (Wildman–Crippen MR) is 64.2 cm³/mol. The van der Waals surface area contributed by atoms with Crippen LogP contribution in [0.1, 0.15) is 10.5 Å². The number of hydrogen-bond acceptors (Lipinski definition) is 4. The fraction of sp³-hybridized carbons (Fsp3) is 0.455. The van der Waals surface area contributed by atoms with E-state index in [2.05, 4.69) is 15.6 Å². The van der Waals surface area contributed by atoms with Crippen molar-refractivity contribution in [2.75, 3.05) is 20.2 Å². The number of methoxy groups -OCH3 is 1. The molecule has 0 bridgehead atoms. The Kier molecular flexibility index (Phi) is 3.93. The molecule has 5 nitrogen and oxygen atoms in total. The van der Waals surface area contributed by atoms with Gasteiger partial charge in [0.15, 0.2) is 0 Å². The van der Waals surface area contributed by atoms with Crippen LogP contribution in [-0.4, -0.2) is 43.2 Å². The molecule has 1 aliphatic rings. The van der Waals surface area contributed by atoms with Gasteiger partial charge >= 0.3 is 0 Å². The van der Waals surface area contributed by atoms with Crippen LogP contribution in [-0.2, 0) is 4.74 Å². The maximum absolute atomic E-state index is 11.9. The highest BCUT2D eigenvalue weighted by Gasteiger charge is 2.28. The molecular formula is C11H14ClN3O2. The first-order valence-electron chi connectivity index (χ1n) is 5.36. The van der Waals surface area contributed by atoms with Gasteiger partial charge in [0, 0.05) is 26.4 Å². The van der Waals surface area contributed by atoms with Gasteiger partial charge in [-0.05, 0) is 12.1 Å². The third kappa shape index (κ3) is 2.94. The second kappa shape index (κ2) is 5.44. The second-order valence-corrected chi connectivity index (χ2v) is 4.31. The third-order valence-corrected chi connectivity index (χ3v) is 2.96. The first kappa shape index (κ1) is 12.3. The number of carbonyl (C=O) groups is 1. The van der Waals surface area contributed by atoms with Gasteiger partial charge in [-0.1, -0.05) is 11.6 Å². The Balaban J connectivity index is 1.99. The Hall–Kier alpha value is -1.17. The molecular weight excluding hydrogens is 242 g/mol. The van der Waals surface area contributed by atoms with Gasteiger partial charge in [-0.25, -0.2) is 4.98 Å². The van der Waals surface area contributed by atoms with Crippen LogP contribution in [0.5, 0.6) is 0 Å². The summed E-state index contributed by atoms with van der Waals surface area (Å²) in [4.78, 5) is 15.8. The Morgan fingerprint density at radius 2 is 2.41 bits per heavy atom. The highest BCUT2D eigenvalue weighted by atomic mass is 35.5. The van der Waals surface area contributed by atoms with Gasteiger partial charge in [-0.15, -0.1) is 0 Å². The summed E-state index contributed by atoms with van der Waals surface area (Å²) in [6.45, 7) is 1.45. The number of pyridine rings is 1. The molecule has 2 heterocycles. The van der Waals surface area contributed by atoms with Gasteiger partial charge in [-0.3, -0.25) is 4.79 Å². The summed E-state index contributed by atoms with van der Waals surface area (Å²) >= 11 is 5.71. The summed E-state index contributed by atoms with van der Waals surface area (Å²) < 4.78 is 5.26. The van der Waals surface area contributed by atoms with E-state index in [1.54, 1.807) is 19.2 Å². The Bertz CT molecular complexity index is 396. The molecule has 0 aliphatic carbocycles. The molecule has 0 spiro atoms. The maximum atomic E-state index is 11.9. The molecule has 0 radical (unpaired) electrons. The van der Waals surface area contributed by atoms with Crippen molar-refractivity contribution in [2.24, 2.45) is 0 Å². The molecule has 1 aromatic heterocycles. The maximum Gasteiger partial charge on any atom is 0.270 e. The summed E-state index contributed by atoms with van der Waals surface area (Å²) in [7, 11) is 1.64. The van der Waals surface area contributed by atoms with E-state index in [0.717, 1.165) is 6.54 Å². The Morgan fingerprint density at radius 3 is 3.06 bits per heavy atom. The molecule has 0 aromatic carbocycles. The lowest BCUT2D eigenvalue weighted by atomic mass is 10.2. The standard InChI is InChI=1S/C11H14ClN3O2/c1-17-10-6-13-5-9(10)15-11(16)8-3-2-7(12)4-14-8/h2-4,9-10,13H,5-6H2,1H3,(H,15,16)/t9?,10-/m0/s1. The molecule has 17 heavy (non-hydrogen) atoms. The minimum atomic E-state index is -0.211. The van der Waals surface area contributed by atoms with Crippen molar-refractivity contribution in [2.45, 2.75) is 12.1 Å². The molecule has 1 aromatic rings. The minimum absolute atomic E-state index is 0.00579. The van der Waals surface area contributed by atoms with Gasteiger partial charge in [0.1, 0.15) is 5.69 Å². The summed E-state index contributed by atoms with van der Waals surface area (Å²) in [5.74, 6) is -0.211. The lowest BCUT2D eigenvalue weighted by Crippen LogP contribution is -2.43. The topological polar surface area (TPSA) is 63.2 Å². The van der Waals surface area contributed by atoms with E-state index in [1.807, 2.05) is 0 Å². The van der Waals surface area contributed by atoms with Gasteiger partial charge in [-0.2, -0.15) is 0 Å². The summed E-state index contributed by atoms with van der Waals surface area (Å²) in [5.41, 5.74) is 0.358. The fourth-order valence-corrected chi connectivity index (χ4v) is 1.91. The smallest absolute Gasteiger partial charge is 0.270 e. The molecule has 1 unspecified atom stereocenters. The first-order valence-corrected chi connectivity index (χ1v) is 5.74. The fourth-order valence-electron chi connectivity index (χ4n) is 1.80. The number of nitrogens with zero attached hydrogens (tertiary/aromatic N) is 1. The number of hydrogen-bond donors (Lipinski definition) is 2. The molecule has 1 amide bonds. The molecule has 92 valence electrons. The first-order chi connectivity index (χ1) is 8.20. The van der Waals surface area contributed by atoms with Crippen molar-refractivity contribution in [3.05, 3.63) is 29.0 Å². The van der Waals surface area contributed by atoms with E-state index in [1.165, 1.54) is 6.20 Å². The van der Waals surface area contributed by atoms with Crippen LogP contribution in [0.4, 0.5) is 0 Å². The second-order valence-electron chi connectivity index (χ2n) is 3.87. The SMILES string of the molecule is CO[C@H]1CNCC1NC(=O)c1ccc(Cl)cn1. The van der Waals surface area contributed by atoms with Crippen molar-refractivity contribution < 1.29 is 9.53 Å². The Labute approximate surface area is 105 Å². The van der Waals surface area contributed by atoms with E-state index < -0.39 is 0 Å². The van der Waals surface area contributed by atoms with Gasteiger partial charge < -0.3 is 15.4 Å². The minimum Gasteiger partial charge on any atom is -0.378 e. The average molecular weight is 256 g/mol. The molecule has 2 N–H and O–H groups in total. The van der Waals surface area contributed by atoms with Crippen molar-refractivity contribution >= 4 is 17.5 Å². The van der Waals surface area contributed by atoms with Crippen LogP contribution in [0.3, 0.4) is 0 Å². The van der Waals surface area contributed by atoms with Gasteiger partial charge in [0.05, 0.1) is 17.2 Å². The van der Waals surface area contributed by atoms with Crippen LogP contribution in [0.2, 0.25) is 5.02 Å². The average Bonchev–Trinajstić information content (AvgIpc) is 2.77. The predicted octanol–water partition coefficient (Wildman–Crippen LogP) is 0.452. The molecule has 2 rings (SSSR count).